The van der Waals surface area contributed by atoms with Crippen molar-refractivity contribution in [2.24, 2.45) is 0 Å². The van der Waals surface area contributed by atoms with Gasteiger partial charge in [0.25, 0.3) is 0 Å². The number of ether oxygens (including phenoxy) is 1. The van der Waals surface area contributed by atoms with Crippen LogP contribution in [-0.4, -0.2) is 17.1 Å². The molecule has 1 aliphatic carbocycles. The van der Waals surface area contributed by atoms with E-state index in [1.165, 1.54) is 24.1 Å². The monoisotopic (exact) mass is 272 g/mol. The molecule has 19 heavy (non-hydrogen) atoms. The molecule has 3 nitrogen and oxygen atoms in total. The number of nitrogens with one attached hydrogen (secondary N) is 1. The molecule has 0 aliphatic heterocycles. The molecular formula is C15H16N2OS. The second-order valence-electron chi connectivity index (χ2n) is 4.92. The van der Waals surface area contributed by atoms with Gasteiger partial charge in [-0.25, -0.2) is 4.98 Å². The SMILES string of the molecule is COc1ccc(Cc2nc(=S)cc(C3CC3)[nH]2)cc1. The fraction of sp³-hybridized carbons (Fsp3) is 0.333. The first-order chi connectivity index (χ1) is 9.24. The molecule has 0 amide bonds. The van der Waals surface area contributed by atoms with E-state index in [9.17, 15) is 0 Å². The second kappa shape index (κ2) is 5.13. The summed E-state index contributed by atoms with van der Waals surface area (Å²) in [7, 11) is 1.67. The number of aromatic nitrogens is 2. The molecule has 2 aromatic rings. The summed E-state index contributed by atoms with van der Waals surface area (Å²) in [6.45, 7) is 0. The van der Waals surface area contributed by atoms with Crippen molar-refractivity contribution in [2.75, 3.05) is 7.11 Å². The van der Waals surface area contributed by atoms with Crippen LogP contribution in [0, 0.1) is 4.64 Å². The fourth-order valence-corrected chi connectivity index (χ4v) is 2.40. The summed E-state index contributed by atoms with van der Waals surface area (Å²) in [6.07, 6.45) is 3.29. The lowest BCUT2D eigenvalue weighted by Gasteiger charge is -2.06. The number of hydrogen-bond donors (Lipinski definition) is 1. The van der Waals surface area contributed by atoms with Crippen molar-refractivity contribution in [3.63, 3.8) is 0 Å². The van der Waals surface area contributed by atoms with Crippen molar-refractivity contribution in [2.45, 2.75) is 25.2 Å². The van der Waals surface area contributed by atoms with Gasteiger partial charge in [0.2, 0.25) is 0 Å². The standard InChI is InChI=1S/C15H16N2OS/c1-18-12-6-2-10(3-7-12)8-14-16-13(11-4-5-11)9-15(19)17-14/h2-3,6-7,9,11H,4-5,8H2,1H3,(H,16,17,19). The third-order valence-corrected chi connectivity index (χ3v) is 3.57. The van der Waals surface area contributed by atoms with Crippen LogP contribution in [0.25, 0.3) is 0 Å². The highest BCUT2D eigenvalue weighted by Crippen LogP contribution is 2.38. The van der Waals surface area contributed by atoms with Crippen LogP contribution in [-0.2, 0) is 6.42 Å². The Morgan fingerprint density at radius 3 is 2.68 bits per heavy atom. The van der Waals surface area contributed by atoms with Crippen molar-refractivity contribution >= 4 is 12.2 Å². The molecule has 98 valence electrons. The molecule has 1 N–H and O–H groups in total. The van der Waals surface area contributed by atoms with E-state index in [1.807, 2.05) is 18.2 Å². The molecule has 1 saturated carbocycles. The van der Waals surface area contributed by atoms with Crippen molar-refractivity contribution in [1.29, 1.82) is 0 Å². The van der Waals surface area contributed by atoms with Gasteiger partial charge in [-0.1, -0.05) is 24.4 Å². The quantitative estimate of drug-likeness (QED) is 0.864. The number of aromatic amines is 1. The number of H-pyrrole nitrogens is 1. The van der Waals surface area contributed by atoms with Gasteiger partial charge in [0.1, 0.15) is 16.2 Å². The maximum absolute atomic E-state index is 5.24. The Morgan fingerprint density at radius 1 is 1.32 bits per heavy atom. The highest BCUT2D eigenvalue weighted by Gasteiger charge is 2.24. The molecule has 1 aromatic carbocycles. The minimum atomic E-state index is 0.666. The van der Waals surface area contributed by atoms with Gasteiger partial charge in [-0.15, -0.1) is 0 Å². The Hall–Kier alpha value is -1.68. The van der Waals surface area contributed by atoms with Gasteiger partial charge in [-0.2, -0.15) is 0 Å². The van der Waals surface area contributed by atoms with Crippen LogP contribution < -0.4 is 4.74 Å². The maximum Gasteiger partial charge on any atom is 0.130 e. The molecule has 1 aliphatic rings. The zero-order chi connectivity index (χ0) is 13.2. The van der Waals surface area contributed by atoms with Crippen LogP contribution in [0.15, 0.2) is 30.3 Å². The van der Waals surface area contributed by atoms with Crippen LogP contribution in [0.3, 0.4) is 0 Å². The number of hydrogen-bond acceptors (Lipinski definition) is 3. The minimum Gasteiger partial charge on any atom is -0.497 e. The van der Waals surface area contributed by atoms with E-state index in [-0.39, 0.29) is 0 Å². The Labute approximate surface area is 117 Å². The Balaban J connectivity index is 1.83. The minimum absolute atomic E-state index is 0.666. The average Bonchev–Trinajstić information content (AvgIpc) is 3.23. The van der Waals surface area contributed by atoms with E-state index >= 15 is 0 Å². The fourth-order valence-electron chi connectivity index (χ4n) is 2.16. The van der Waals surface area contributed by atoms with E-state index in [4.69, 9.17) is 17.0 Å². The van der Waals surface area contributed by atoms with Crippen molar-refractivity contribution in [3.05, 3.63) is 52.1 Å². The number of rotatable bonds is 4. The Morgan fingerprint density at radius 2 is 2.05 bits per heavy atom. The first-order valence-corrected chi connectivity index (χ1v) is 6.88. The molecule has 0 saturated heterocycles. The predicted octanol–water partition coefficient (Wildman–Crippen LogP) is 3.62. The van der Waals surface area contributed by atoms with Gasteiger partial charge in [0.15, 0.2) is 0 Å². The molecule has 0 radical (unpaired) electrons. The third kappa shape index (κ3) is 3.01. The lowest BCUT2D eigenvalue weighted by Crippen LogP contribution is -2.00. The average molecular weight is 272 g/mol. The van der Waals surface area contributed by atoms with E-state index in [2.05, 4.69) is 22.1 Å². The van der Waals surface area contributed by atoms with Crippen LogP contribution in [0.2, 0.25) is 0 Å². The van der Waals surface area contributed by atoms with Crippen molar-refractivity contribution in [1.82, 2.24) is 9.97 Å². The summed E-state index contributed by atoms with van der Waals surface area (Å²) in [5.41, 5.74) is 2.44. The molecular weight excluding hydrogens is 256 g/mol. The molecule has 0 atom stereocenters. The summed E-state index contributed by atoms with van der Waals surface area (Å²) in [5.74, 6) is 2.48. The highest BCUT2D eigenvalue weighted by atomic mass is 32.1. The second-order valence-corrected chi connectivity index (χ2v) is 5.34. The van der Waals surface area contributed by atoms with Crippen LogP contribution >= 0.6 is 12.2 Å². The molecule has 4 heteroatoms. The molecule has 0 unspecified atom stereocenters. The first-order valence-electron chi connectivity index (χ1n) is 6.47. The molecule has 1 heterocycles. The lowest BCUT2D eigenvalue weighted by atomic mass is 10.1. The predicted molar refractivity (Wildman–Crippen MR) is 77.2 cm³/mol. The third-order valence-electron chi connectivity index (χ3n) is 3.36. The van der Waals surface area contributed by atoms with E-state index in [0.29, 0.717) is 10.6 Å². The highest BCUT2D eigenvalue weighted by molar-refractivity contribution is 7.71. The van der Waals surface area contributed by atoms with Gasteiger partial charge < -0.3 is 9.72 Å². The van der Waals surface area contributed by atoms with Gasteiger partial charge in [0.05, 0.1) is 7.11 Å². The summed E-state index contributed by atoms with van der Waals surface area (Å²) in [6, 6.07) is 10.0. The normalized spacial score (nSPS) is 14.4. The van der Waals surface area contributed by atoms with Crippen molar-refractivity contribution < 1.29 is 4.74 Å². The summed E-state index contributed by atoms with van der Waals surface area (Å²) in [5, 5.41) is 0. The lowest BCUT2D eigenvalue weighted by molar-refractivity contribution is 0.414. The van der Waals surface area contributed by atoms with Crippen LogP contribution in [0.4, 0.5) is 0 Å². The van der Waals surface area contributed by atoms with Gasteiger partial charge >= 0.3 is 0 Å². The first kappa shape index (κ1) is 12.4. The molecule has 0 spiro atoms. The summed E-state index contributed by atoms with van der Waals surface area (Å²) < 4.78 is 5.84. The summed E-state index contributed by atoms with van der Waals surface area (Å²) in [4.78, 5) is 7.83. The molecule has 1 aromatic heterocycles. The number of nitrogens with zero attached hydrogens (tertiary/aromatic N) is 1. The Kier molecular flexibility index (Phi) is 3.34. The molecule has 1 fully saturated rings. The van der Waals surface area contributed by atoms with Gasteiger partial charge in [-0.3, -0.25) is 0 Å². The van der Waals surface area contributed by atoms with Gasteiger partial charge in [0, 0.05) is 12.1 Å². The summed E-state index contributed by atoms with van der Waals surface area (Å²) >= 11 is 5.24. The number of methoxy groups -OCH3 is 1. The largest absolute Gasteiger partial charge is 0.497 e. The number of benzene rings is 1. The smallest absolute Gasteiger partial charge is 0.130 e. The zero-order valence-corrected chi connectivity index (χ0v) is 11.7. The topological polar surface area (TPSA) is 37.9 Å². The van der Waals surface area contributed by atoms with Gasteiger partial charge in [-0.05, 0) is 42.5 Å². The Bertz CT molecular complexity index is 629. The zero-order valence-electron chi connectivity index (χ0n) is 10.8. The van der Waals surface area contributed by atoms with E-state index in [1.54, 1.807) is 7.11 Å². The molecule has 0 bridgehead atoms. The molecule has 3 rings (SSSR count). The van der Waals surface area contributed by atoms with E-state index < -0.39 is 0 Å². The van der Waals surface area contributed by atoms with E-state index in [0.717, 1.165) is 18.0 Å². The van der Waals surface area contributed by atoms with Crippen LogP contribution in [0.5, 0.6) is 5.75 Å². The van der Waals surface area contributed by atoms with Crippen LogP contribution in [0.1, 0.15) is 35.8 Å². The van der Waals surface area contributed by atoms with Crippen molar-refractivity contribution in [3.8, 4) is 5.75 Å². The maximum atomic E-state index is 5.24.